The number of hydrogen-bond donors (Lipinski definition) is 0. The van der Waals surface area contributed by atoms with E-state index in [1.165, 1.54) is 0 Å². The van der Waals surface area contributed by atoms with E-state index in [9.17, 15) is 4.79 Å². The lowest BCUT2D eigenvalue weighted by Crippen LogP contribution is -2.04. The first kappa shape index (κ1) is 16.0. The number of carbonyl (C=O) groups excluding carboxylic acids is 1. The van der Waals surface area contributed by atoms with Gasteiger partial charge in [-0.25, -0.2) is 4.79 Å². The van der Waals surface area contributed by atoms with Crippen molar-refractivity contribution in [1.82, 2.24) is 5.16 Å². The smallest absolute Gasteiger partial charge is 0.338 e. The Morgan fingerprint density at radius 2 is 1.88 bits per heavy atom. The molecule has 4 rings (SSSR count). The zero-order valence-corrected chi connectivity index (χ0v) is 13.9. The molecule has 0 fully saturated rings. The van der Waals surface area contributed by atoms with Crippen molar-refractivity contribution in [2.24, 2.45) is 0 Å². The summed E-state index contributed by atoms with van der Waals surface area (Å²) in [6.07, 6.45) is 0. The molecule has 1 aliphatic rings. The second-order valence-corrected chi connectivity index (χ2v) is 5.55. The SMILES string of the molecule is COc1ccc(-c2cc(COC(=O)c3ccc4c(c3)OCO4)on2)cc1. The molecule has 26 heavy (non-hydrogen) atoms. The van der Waals surface area contributed by atoms with Crippen molar-refractivity contribution in [2.45, 2.75) is 6.61 Å². The van der Waals surface area contributed by atoms with Gasteiger partial charge >= 0.3 is 5.97 Å². The van der Waals surface area contributed by atoms with Gasteiger partial charge in [0.25, 0.3) is 0 Å². The van der Waals surface area contributed by atoms with E-state index in [-0.39, 0.29) is 13.4 Å². The van der Waals surface area contributed by atoms with Crippen LogP contribution in [0.25, 0.3) is 11.3 Å². The monoisotopic (exact) mass is 353 g/mol. The van der Waals surface area contributed by atoms with Crippen molar-refractivity contribution in [1.29, 1.82) is 0 Å². The molecule has 0 spiro atoms. The van der Waals surface area contributed by atoms with Gasteiger partial charge in [0.2, 0.25) is 6.79 Å². The third-order valence-electron chi connectivity index (χ3n) is 3.90. The Morgan fingerprint density at radius 1 is 1.08 bits per heavy atom. The second-order valence-electron chi connectivity index (χ2n) is 5.55. The highest BCUT2D eigenvalue weighted by molar-refractivity contribution is 5.90. The van der Waals surface area contributed by atoms with Gasteiger partial charge in [0.1, 0.15) is 11.4 Å². The van der Waals surface area contributed by atoms with Crippen LogP contribution in [0, 0.1) is 0 Å². The van der Waals surface area contributed by atoms with Crippen molar-refractivity contribution in [3.05, 3.63) is 59.9 Å². The predicted molar refractivity (Wildman–Crippen MR) is 90.2 cm³/mol. The van der Waals surface area contributed by atoms with Crippen LogP contribution in [0.4, 0.5) is 0 Å². The minimum atomic E-state index is -0.481. The number of fused-ring (bicyclic) bond motifs is 1. The van der Waals surface area contributed by atoms with E-state index in [0.717, 1.165) is 11.3 Å². The number of ether oxygens (including phenoxy) is 4. The van der Waals surface area contributed by atoms with Crippen molar-refractivity contribution in [2.75, 3.05) is 13.9 Å². The molecule has 0 N–H and O–H groups in total. The van der Waals surface area contributed by atoms with Crippen molar-refractivity contribution in [3.63, 3.8) is 0 Å². The Bertz CT molecular complexity index is 931. The van der Waals surface area contributed by atoms with Crippen LogP contribution in [0.1, 0.15) is 16.1 Å². The highest BCUT2D eigenvalue weighted by Gasteiger charge is 2.17. The van der Waals surface area contributed by atoms with Crippen LogP contribution in [-0.4, -0.2) is 25.0 Å². The Morgan fingerprint density at radius 3 is 2.69 bits per heavy atom. The Kier molecular flexibility index (Phi) is 4.18. The van der Waals surface area contributed by atoms with Gasteiger partial charge in [-0.1, -0.05) is 5.16 Å². The molecule has 0 saturated heterocycles. The normalized spacial score (nSPS) is 12.0. The van der Waals surface area contributed by atoms with Gasteiger partial charge in [-0.15, -0.1) is 0 Å². The molecular weight excluding hydrogens is 338 g/mol. The Hall–Kier alpha value is -3.48. The summed E-state index contributed by atoms with van der Waals surface area (Å²) in [6, 6.07) is 14.0. The fourth-order valence-electron chi connectivity index (χ4n) is 2.52. The minimum absolute atomic E-state index is 0.0174. The maximum Gasteiger partial charge on any atom is 0.338 e. The van der Waals surface area contributed by atoms with Crippen LogP contribution < -0.4 is 14.2 Å². The van der Waals surface area contributed by atoms with Gasteiger partial charge in [0.15, 0.2) is 23.9 Å². The van der Waals surface area contributed by atoms with Gasteiger partial charge in [0, 0.05) is 11.6 Å². The number of carbonyl (C=O) groups is 1. The topological polar surface area (TPSA) is 80.0 Å². The lowest BCUT2D eigenvalue weighted by molar-refractivity contribution is 0.0437. The average Bonchev–Trinajstić information content (AvgIpc) is 3.35. The number of hydrogen-bond acceptors (Lipinski definition) is 7. The summed E-state index contributed by atoms with van der Waals surface area (Å²) < 4.78 is 26.1. The zero-order chi connectivity index (χ0) is 17.9. The first-order chi connectivity index (χ1) is 12.7. The molecule has 0 amide bonds. The maximum absolute atomic E-state index is 12.2. The van der Waals surface area contributed by atoms with Crippen molar-refractivity contribution in [3.8, 4) is 28.5 Å². The molecule has 0 aliphatic carbocycles. The first-order valence-corrected chi connectivity index (χ1v) is 7.90. The third kappa shape index (κ3) is 3.19. The van der Waals surface area contributed by atoms with Crippen LogP contribution in [0.2, 0.25) is 0 Å². The lowest BCUT2D eigenvalue weighted by Gasteiger charge is -2.03. The van der Waals surface area contributed by atoms with E-state index < -0.39 is 5.97 Å². The van der Waals surface area contributed by atoms with E-state index >= 15 is 0 Å². The molecule has 1 aromatic heterocycles. The van der Waals surface area contributed by atoms with Gasteiger partial charge < -0.3 is 23.5 Å². The molecule has 1 aliphatic heterocycles. The molecule has 0 atom stereocenters. The van der Waals surface area contributed by atoms with Gasteiger partial charge in [0.05, 0.1) is 12.7 Å². The second kappa shape index (κ2) is 6.79. The number of methoxy groups -OCH3 is 1. The maximum atomic E-state index is 12.2. The van der Waals surface area contributed by atoms with Crippen LogP contribution in [-0.2, 0) is 11.3 Å². The average molecular weight is 353 g/mol. The fourth-order valence-corrected chi connectivity index (χ4v) is 2.52. The van der Waals surface area contributed by atoms with Crippen LogP contribution in [0.5, 0.6) is 17.2 Å². The molecular formula is C19H15NO6. The Labute approximate surface area is 149 Å². The van der Waals surface area contributed by atoms with Gasteiger partial charge in [-0.05, 0) is 42.5 Å². The molecule has 3 aromatic rings. The fraction of sp³-hybridized carbons (Fsp3) is 0.158. The summed E-state index contributed by atoms with van der Waals surface area (Å²) in [4.78, 5) is 12.2. The summed E-state index contributed by atoms with van der Waals surface area (Å²) in [5.41, 5.74) is 1.91. The molecule has 7 heteroatoms. The standard InChI is InChI=1S/C19H15NO6/c1-22-14-5-2-12(3-6-14)16-9-15(26-20-16)10-23-19(21)13-4-7-17-18(8-13)25-11-24-17/h2-9H,10-11H2,1H3. The first-order valence-electron chi connectivity index (χ1n) is 7.90. The summed E-state index contributed by atoms with van der Waals surface area (Å²) in [6.45, 7) is 0.135. The van der Waals surface area contributed by atoms with Crippen LogP contribution >= 0.6 is 0 Å². The summed E-state index contributed by atoms with van der Waals surface area (Å²) in [7, 11) is 1.61. The predicted octanol–water partition coefficient (Wildman–Crippen LogP) is 3.44. The number of nitrogens with zero attached hydrogens (tertiary/aromatic N) is 1. The molecule has 0 bridgehead atoms. The highest BCUT2D eigenvalue weighted by atomic mass is 16.7. The van der Waals surface area contributed by atoms with Crippen LogP contribution in [0.3, 0.4) is 0 Å². The highest BCUT2D eigenvalue weighted by Crippen LogP contribution is 2.32. The molecule has 132 valence electrons. The van der Waals surface area contributed by atoms with E-state index in [0.29, 0.717) is 28.5 Å². The molecule has 0 unspecified atom stereocenters. The number of rotatable bonds is 5. The van der Waals surface area contributed by atoms with E-state index in [4.69, 9.17) is 23.5 Å². The van der Waals surface area contributed by atoms with Crippen molar-refractivity contribution < 1.29 is 28.3 Å². The molecule has 2 aromatic carbocycles. The van der Waals surface area contributed by atoms with E-state index in [1.807, 2.05) is 24.3 Å². The van der Waals surface area contributed by atoms with E-state index in [1.54, 1.807) is 31.4 Å². The molecule has 2 heterocycles. The molecule has 0 saturated carbocycles. The van der Waals surface area contributed by atoms with E-state index in [2.05, 4.69) is 5.16 Å². The van der Waals surface area contributed by atoms with Crippen molar-refractivity contribution >= 4 is 5.97 Å². The molecule has 0 radical (unpaired) electrons. The lowest BCUT2D eigenvalue weighted by atomic mass is 10.1. The molecule has 7 nitrogen and oxygen atoms in total. The minimum Gasteiger partial charge on any atom is -0.497 e. The number of esters is 1. The van der Waals surface area contributed by atoms with Gasteiger partial charge in [-0.2, -0.15) is 0 Å². The number of benzene rings is 2. The summed E-state index contributed by atoms with van der Waals surface area (Å²) >= 11 is 0. The third-order valence-corrected chi connectivity index (χ3v) is 3.90. The largest absolute Gasteiger partial charge is 0.497 e. The number of aromatic nitrogens is 1. The zero-order valence-electron chi connectivity index (χ0n) is 13.9. The van der Waals surface area contributed by atoms with Gasteiger partial charge in [-0.3, -0.25) is 0 Å². The summed E-state index contributed by atoms with van der Waals surface area (Å²) in [5.74, 6) is 1.87. The Balaban J connectivity index is 1.40. The summed E-state index contributed by atoms with van der Waals surface area (Å²) in [5, 5.41) is 4.00. The van der Waals surface area contributed by atoms with Crippen LogP contribution in [0.15, 0.2) is 53.1 Å². The quantitative estimate of drug-likeness (QED) is 0.650.